The molecule has 1 fully saturated rings. The van der Waals surface area contributed by atoms with Crippen LogP contribution in [0.5, 0.6) is 0 Å². The Morgan fingerprint density at radius 2 is 1.90 bits per heavy atom. The second-order valence-corrected chi connectivity index (χ2v) is 7.30. The van der Waals surface area contributed by atoms with E-state index in [1.807, 2.05) is 13.8 Å². The molecule has 1 aliphatic carbocycles. The molecule has 0 bridgehead atoms. The maximum absolute atomic E-state index is 12.2. The number of nitrogens with two attached hydrogens (primary N) is 1. The summed E-state index contributed by atoms with van der Waals surface area (Å²) in [6, 6.07) is 4.54. The van der Waals surface area contributed by atoms with Gasteiger partial charge in [0.25, 0.3) is 5.69 Å². The Hall–Kier alpha value is -1.51. The predicted molar refractivity (Wildman–Crippen MR) is 73.6 cm³/mol. The fourth-order valence-electron chi connectivity index (χ4n) is 2.16. The van der Waals surface area contributed by atoms with E-state index in [1.165, 1.54) is 24.3 Å². The van der Waals surface area contributed by atoms with Gasteiger partial charge in [-0.15, -0.1) is 0 Å². The monoisotopic (exact) mass is 299 g/mol. The van der Waals surface area contributed by atoms with Crippen LogP contribution in [-0.4, -0.2) is 25.4 Å². The lowest BCUT2D eigenvalue weighted by Crippen LogP contribution is -2.64. The molecule has 20 heavy (non-hydrogen) atoms. The number of hydrogen-bond acceptors (Lipinski definition) is 5. The van der Waals surface area contributed by atoms with Gasteiger partial charge in [0, 0.05) is 24.2 Å². The topological polar surface area (TPSA) is 115 Å². The molecule has 0 aromatic heterocycles. The zero-order chi connectivity index (χ0) is 15.1. The highest BCUT2D eigenvalue weighted by Gasteiger charge is 2.47. The summed E-state index contributed by atoms with van der Waals surface area (Å²) in [6.45, 7) is 3.81. The van der Waals surface area contributed by atoms with Gasteiger partial charge in [0.1, 0.15) is 0 Å². The van der Waals surface area contributed by atoms with Gasteiger partial charge >= 0.3 is 0 Å². The molecule has 0 aliphatic heterocycles. The van der Waals surface area contributed by atoms with Crippen molar-refractivity contribution >= 4 is 15.7 Å². The number of nitro benzene ring substituents is 1. The number of nitrogens with zero attached hydrogens (tertiary/aromatic N) is 1. The first-order valence-electron chi connectivity index (χ1n) is 6.17. The molecule has 2 unspecified atom stereocenters. The molecule has 0 saturated heterocycles. The minimum atomic E-state index is -3.69. The minimum Gasteiger partial charge on any atom is -0.327 e. The molecule has 1 saturated carbocycles. The summed E-state index contributed by atoms with van der Waals surface area (Å²) >= 11 is 0. The number of nitrogens with one attached hydrogen (secondary N) is 1. The molecular formula is C12H17N3O4S. The summed E-state index contributed by atoms with van der Waals surface area (Å²) in [5.41, 5.74) is 5.41. The smallest absolute Gasteiger partial charge is 0.269 e. The number of non-ortho nitro benzene ring substituents is 1. The molecule has 0 amide bonds. The second-order valence-electron chi connectivity index (χ2n) is 5.59. The highest BCUT2D eigenvalue weighted by Crippen LogP contribution is 2.39. The first-order valence-corrected chi connectivity index (χ1v) is 7.65. The maximum Gasteiger partial charge on any atom is 0.269 e. The molecule has 0 radical (unpaired) electrons. The van der Waals surface area contributed by atoms with Crippen molar-refractivity contribution in [3.8, 4) is 0 Å². The van der Waals surface area contributed by atoms with Crippen LogP contribution >= 0.6 is 0 Å². The van der Waals surface area contributed by atoms with Gasteiger partial charge in [-0.1, -0.05) is 13.8 Å². The third kappa shape index (κ3) is 2.54. The van der Waals surface area contributed by atoms with Gasteiger partial charge in [0.2, 0.25) is 10.0 Å². The standard InChI is InChI=1S/C12H17N3O4S/c1-12(2)10(13)7-11(12)14-20(18,19)9-5-3-8(4-6-9)15(16)17/h3-6,10-11,14H,7,13H2,1-2H3. The maximum atomic E-state index is 12.2. The third-order valence-electron chi connectivity index (χ3n) is 4.00. The zero-order valence-corrected chi connectivity index (χ0v) is 12.1. The van der Waals surface area contributed by atoms with E-state index < -0.39 is 14.9 Å². The Bertz CT molecular complexity index is 625. The SMILES string of the molecule is CC1(C)C(N)CC1NS(=O)(=O)c1ccc([N+](=O)[O-])cc1. The molecule has 7 nitrogen and oxygen atoms in total. The number of rotatable bonds is 4. The largest absolute Gasteiger partial charge is 0.327 e. The van der Waals surface area contributed by atoms with Gasteiger partial charge in [-0.25, -0.2) is 13.1 Å². The van der Waals surface area contributed by atoms with Gasteiger partial charge in [0.05, 0.1) is 9.82 Å². The zero-order valence-electron chi connectivity index (χ0n) is 11.2. The highest BCUT2D eigenvalue weighted by molar-refractivity contribution is 7.89. The molecule has 2 rings (SSSR count). The summed E-state index contributed by atoms with van der Waals surface area (Å²) in [6.07, 6.45) is 0.583. The quantitative estimate of drug-likeness (QED) is 0.635. The predicted octanol–water partition coefficient (Wildman–Crippen LogP) is 0.999. The van der Waals surface area contributed by atoms with Crippen LogP contribution < -0.4 is 10.5 Å². The fraction of sp³-hybridized carbons (Fsp3) is 0.500. The van der Waals surface area contributed by atoms with Crippen LogP contribution in [0.25, 0.3) is 0 Å². The average Bonchev–Trinajstić information content (AvgIpc) is 2.38. The van der Waals surface area contributed by atoms with Gasteiger partial charge in [-0.2, -0.15) is 0 Å². The van der Waals surface area contributed by atoms with Crippen molar-refractivity contribution in [2.24, 2.45) is 11.1 Å². The van der Waals surface area contributed by atoms with Crippen LogP contribution in [0.1, 0.15) is 20.3 Å². The lowest BCUT2D eigenvalue weighted by Gasteiger charge is -2.50. The lowest BCUT2D eigenvalue weighted by molar-refractivity contribution is -0.384. The Balaban J connectivity index is 2.17. The molecule has 3 N–H and O–H groups in total. The average molecular weight is 299 g/mol. The number of sulfonamides is 1. The molecular weight excluding hydrogens is 282 g/mol. The van der Waals surface area contributed by atoms with E-state index >= 15 is 0 Å². The van der Waals surface area contributed by atoms with Crippen molar-refractivity contribution in [2.45, 2.75) is 37.2 Å². The molecule has 110 valence electrons. The van der Waals surface area contributed by atoms with Gasteiger partial charge in [0.15, 0.2) is 0 Å². The normalized spacial score (nSPS) is 24.9. The van der Waals surface area contributed by atoms with Crippen molar-refractivity contribution in [2.75, 3.05) is 0 Å². The van der Waals surface area contributed by atoms with E-state index in [1.54, 1.807) is 0 Å². The molecule has 8 heteroatoms. The summed E-state index contributed by atoms with van der Waals surface area (Å²) in [7, 11) is -3.69. The fourth-order valence-corrected chi connectivity index (χ4v) is 3.57. The summed E-state index contributed by atoms with van der Waals surface area (Å²) in [5.74, 6) is 0. The summed E-state index contributed by atoms with van der Waals surface area (Å²) in [5, 5.41) is 10.5. The molecule has 0 heterocycles. The minimum absolute atomic E-state index is 0.0133. The summed E-state index contributed by atoms with van der Waals surface area (Å²) < 4.78 is 27.0. The van der Waals surface area contributed by atoms with Crippen molar-refractivity contribution in [1.29, 1.82) is 0 Å². The number of benzene rings is 1. The van der Waals surface area contributed by atoms with Crippen molar-refractivity contribution in [3.63, 3.8) is 0 Å². The Kier molecular flexibility index (Phi) is 3.57. The molecule has 1 aromatic carbocycles. The van der Waals surface area contributed by atoms with Crippen molar-refractivity contribution in [3.05, 3.63) is 34.4 Å². The van der Waals surface area contributed by atoms with Crippen molar-refractivity contribution < 1.29 is 13.3 Å². The van der Waals surface area contributed by atoms with E-state index in [0.717, 1.165) is 0 Å². The van der Waals surface area contributed by atoms with Gasteiger partial charge < -0.3 is 5.73 Å². The Morgan fingerprint density at radius 3 is 2.30 bits per heavy atom. The van der Waals surface area contributed by atoms with Crippen LogP contribution in [0.3, 0.4) is 0 Å². The van der Waals surface area contributed by atoms with E-state index in [0.29, 0.717) is 6.42 Å². The number of nitro groups is 1. The van der Waals surface area contributed by atoms with Gasteiger partial charge in [-0.05, 0) is 24.0 Å². The van der Waals surface area contributed by atoms with Crippen LogP contribution in [0, 0.1) is 15.5 Å². The van der Waals surface area contributed by atoms with E-state index in [2.05, 4.69) is 4.72 Å². The second kappa shape index (κ2) is 4.80. The van der Waals surface area contributed by atoms with Crippen LogP contribution in [-0.2, 0) is 10.0 Å². The first-order chi connectivity index (χ1) is 9.14. The van der Waals surface area contributed by atoms with Crippen LogP contribution in [0.15, 0.2) is 29.2 Å². The Labute approximate surface area is 117 Å². The van der Waals surface area contributed by atoms with E-state index in [4.69, 9.17) is 5.73 Å². The Morgan fingerprint density at radius 1 is 1.35 bits per heavy atom. The third-order valence-corrected chi connectivity index (χ3v) is 5.49. The molecule has 2 atom stereocenters. The number of hydrogen-bond donors (Lipinski definition) is 2. The highest BCUT2D eigenvalue weighted by atomic mass is 32.2. The molecule has 1 aromatic rings. The van der Waals surface area contributed by atoms with Crippen molar-refractivity contribution in [1.82, 2.24) is 4.72 Å². The van der Waals surface area contributed by atoms with Crippen LogP contribution in [0.2, 0.25) is 0 Å². The van der Waals surface area contributed by atoms with Gasteiger partial charge in [-0.3, -0.25) is 10.1 Å². The lowest BCUT2D eigenvalue weighted by atomic mass is 9.64. The van der Waals surface area contributed by atoms with E-state index in [-0.39, 0.29) is 28.1 Å². The molecule has 0 spiro atoms. The van der Waals surface area contributed by atoms with E-state index in [9.17, 15) is 18.5 Å². The first kappa shape index (κ1) is 14.9. The van der Waals surface area contributed by atoms with Crippen LogP contribution in [0.4, 0.5) is 5.69 Å². The summed E-state index contributed by atoms with van der Waals surface area (Å²) in [4.78, 5) is 9.98. The molecule has 1 aliphatic rings.